The number of aliphatic carboxylic acids is 1. The minimum atomic E-state index is -1.24. The lowest BCUT2D eigenvalue weighted by molar-refractivity contribution is -0.134. The number of fused-ring (bicyclic) bond motifs is 3. The van der Waals surface area contributed by atoms with Gasteiger partial charge in [-0.05, 0) is 11.6 Å². The van der Waals surface area contributed by atoms with Crippen LogP contribution in [0.1, 0.15) is 0 Å². The maximum atomic E-state index is 12.0. The van der Waals surface area contributed by atoms with Gasteiger partial charge in [0.05, 0.1) is 5.71 Å². The Balaban J connectivity index is 2.12. The second kappa shape index (κ2) is 3.77. The van der Waals surface area contributed by atoms with Crippen LogP contribution in [-0.2, 0) is 9.59 Å². The molecule has 3 rings (SSSR count). The van der Waals surface area contributed by atoms with Crippen LogP contribution in [0.4, 0.5) is 0 Å². The van der Waals surface area contributed by atoms with Gasteiger partial charge in [0.25, 0.3) is 0 Å². The van der Waals surface area contributed by atoms with Crippen molar-refractivity contribution in [1.82, 2.24) is 0 Å². The molecule has 0 saturated heterocycles. The van der Waals surface area contributed by atoms with Crippen molar-refractivity contribution in [2.45, 2.75) is 0 Å². The molecule has 0 spiro atoms. The van der Waals surface area contributed by atoms with Gasteiger partial charge in [0.1, 0.15) is 5.57 Å². The van der Waals surface area contributed by atoms with Crippen molar-refractivity contribution in [2.24, 2.45) is 10.9 Å². The summed E-state index contributed by atoms with van der Waals surface area (Å²) >= 11 is 0. The standard InChI is InChI=1S/C14H9NO3/c16-13-10-6-5-8-3-1-2-4-9(8)12(10)15-7-11(13)14(17)18/h1-7,9H,(H,17,18). The number of carbonyl (C=O) groups excluding carboxylic acids is 1. The van der Waals surface area contributed by atoms with Crippen molar-refractivity contribution >= 4 is 17.5 Å². The molecule has 4 heteroatoms. The zero-order chi connectivity index (χ0) is 12.7. The Morgan fingerprint density at radius 1 is 1.28 bits per heavy atom. The number of allylic oxidation sites excluding steroid dienone is 8. The number of carboxylic acids is 1. The van der Waals surface area contributed by atoms with Crippen molar-refractivity contribution < 1.29 is 14.7 Å². The third-order valence-electron chi connectivity index (χ3n) is 3.13. The second-order valence-electron chi connectivity index (χ2n) is 4.16. The minimum Gasteiger partial charge on any atom is -0.477 e. The average Bonchev–Trinajstić information content (AvgIpc) is 2.38. The number of aliphatic imine (C=N–C) groups is 1. The number of hydrogen-bond acceptors (Lipinski definition) is 3. The smallest absolute Gasteiger partial charge is 0.341 e. The van der Waals surface area contributed by atoms with E-state index in [1.165, 1.54) is 0 Å². The maximum Gasteiger partial charge on any atom is 0.341 e. The summed E-state index contributed by atoms with van der Waals surface area (Å²) in [6.45, 7) is 0. The molecule has 0 aromatic carbocycles. The molecule has 0 bridgehead atoms. The first kappa shape index (κ1) is 10.7. The zero-order valence-electron chi connectivity index (χ0n) is 9.33. The van der Waals surface area contributed by atoms with Gasteiger partial charge in [0, 0.05) is 17.7 Å². The van der Waals surface area contributed by atoms with E-state index in [0.29, 0.717) is 11.3 Å². The Morgan fingerprint density at radius 3 is 2.89 bits per heavy atom. The lowest BCUT2D eigenvalue weighted by atomic mass is 9.79. The van der Waals surface area contributed by atoms with Gasteiger partial charge in [0.15, 0.2) is 0 Å². The number of carboxylic acid groups (broad SMARTS) is 1. The maximum absolute atomic E-state index is 12.0. The molecule has 1 atom stereocenters. The summed E-state index contributed by atoms with van der Waals surface area (Å²) in [4.78, 5) is 27.0. The molecule has 1 heterocycles. The van der Waals surface area contributed by atoms with E-state index >= 15 is 0 Å². The third-order valence-corrected chi connectivity index (χ3v) is 3.13. The molecule has 0 amide bonds. The molecule has 0 saturated carbocycles. The largest absolute Gasteiger partial charge is 0.477 e. The highest BCUT2D eigenvalue weighted by Crippen LogP contribution is 2.31. The summed E-state index contributed by atoms with van der Waals surface area (Å²) in [6, 6.07) is 0. The highest BCUT2D eigenvalue weighted by Gasteiger charge is 2.33. The highest BCUT2D eigenvalue weighted by atomic mass is 16.4. The quantitative estimate of drug-likeness (QED) is 0.706. The summed E-state index contributed by atoms with van der Waals surface area (Å²) < 4.78 is 0. The Hall–Kier alpha value is -2.49. The van der Waals surface area contributed by atoms with Crippen LogP contribution in [0.15, 0.2) is 64.4 Å². The van der Waals surface area contributed by atoms with Crippen LogP contribution in [0, 0.1) is 5.92 Å². The number of hydrogen-bond donors (Lipinski definition) is 1. The van der Waals surface area contributed by atoms with Gasteiger partial charge in [-0.1, -0.05) is 30.4 Å². The summed E-state index contributed by atoms with van der Waals surface area (Å²) in [7, 11) is 0. The van der Waals surface area contributed by atoms with Crippen LogP contribution in [0.3, 0.4) is 0 Å². The van der Waals surface area contributed by atoms with Crippen LogP contribution in [-0.4, -0.2) is 22.6 Å². The van der Waals surface area contributed by atoms with E-state index in [0.717, 1.165) is 11.8 Å². The van der Waals surface area contributed by atoms with E-state index in [2.05, 4.69) is 4.99 Å². The van der Waals surface area contributed by atoms with Crippen molar-refractivity contribution in [3.05, 3.63) is 59.4 Å². The number of carbonyl (C=O) groups is 2. The first-order chi connectivity index (χ1) is 8.68. The molecule has 18 heavy (non-hydrogen) atoms. The lowest BCUT2D eigenvalue weighted by Crippen LogP contribution is -2.29. The van der Waals surface area contributed by atoms with Gasteiger partial charge in [-0.3, -0.25) is 9.79 Å². The Labute approximate surface area is 103 Å². The second-order valence-corrected chi connectivity index (χ2v) is 4.16. The summed E-state index contributed by atoms with van der Waals surface area (Å²) in [5.74, 6) is -1.76. The van der Waals surface area contributed by atoms with Crippen molar-refractivity contribution in [3.63, 3.8) is 0 Å². The fraction of sp³-hybridized carbons (Fsp3) is 0.0714. The predicted octanol–water partition coefficient (Wildman–Crippen LogP) is 1.59. The van der Waals surface area contributed by atoms with Crippen molar-refractivity contribution in [3.8, 4) is 0 Å². The monoisotopic (exact) mass is 239 g/mol. The van der Waals surface area contributed by atoms with E-state index in [1.807, 2.05) is 30.4 Å². The van der Waals surface area contributed by atoms with Gasteiger partial charge in [0.2, 0.25) is 5.78 Å². The van der Waals surface area contributed by atoms with E-state index in [1.54, 1.807) is 6.08 Å². The molecule has 3 aliphatic rings. The van der Waals surface area contributed by atoms with Gasteiger partial charge in [-0.25, -0.2) is 4.79 Å². The topological polar surface area (TPSA) is 66.7 Å². The molecule has 0 radical (unpaired) electrons. The fourth-order valence-electron chi connectivity index (χ4n) is 2.23. The van der Waals surface area contributed by atoms with Gasteiger partial charge in [-0.15, -0.1) is 0 Å². The molecule has 1 aliphatic heterocycles. The first-order valence-corrected chi connectivity index (χ1v) is 5.51. The van der Waals surface area contributed by atoms with Crippen LogP contribution in [0.2, 0.25) is 0 Å². The van der Waals surface area contributed by atoms with E-state index in [9.17, 15) is 9.59 Å². The lowest BCUT2D eigenvalue weighted by Gasteiger charge is -2.25. The minimum absolute atomic E-state index is 0.0504. The summed E-state index contributed by atoms with van der Waals surface area (Å²) in [6.07, 6.45) is 12.4. The van der Waals surface area contributed by atoms with Crippen molar-refractivity contribution in [1.29, 1.82) is 0 Å². The van der Waals surface area contributed by atoms with E-state index < -0.39 is 11.8 Å². The zero-order valence-corrected chi connectivity index (χ0v) is 9.33. The van der Waals surface area contributed by atoms with Gasteiger partial charge >= 0.3 is 5.97 Å². The van der Waals surface area contributed by atoms with Crippen molar-refractivity contribution in [2.75, 3.05) is 0 Å². The molecule has 0 fully saturated rings. The Bertz CT molecular complexity index is 642. The Morgan fingerprint density at radius 2 is 2.11 bits per heavy atom. The third kappa shape index (κ3) is 1.43. The molecule has 0 aromatic rings. The van der Waals surface area contributed by atoms with Gasteiger partial charge < -0.3 is 5.11 Å². The van der Waals surface area contributed by atoms with Crippen LogP contribution in [0.5, 0.6) is 0 Å². The number of rotatable bonds is 1. The summed E-state index contributed by atoms with van der Waals surface area (Å²) in [5.41, 5.74) is 1.78. The summed E-state index contributed by atoms with van der Waals surface area (Å²) in [5, 5.41) is 8.91. The number of nitrogens with zero attached hydrogens (tertiary/aromatic N) is 1. The fourth-order valence-corrected chi connectivity index (χ4v) is 2.23. The number of ketones is 1. The molecule has 4 nitrogen and oxygen atoms in total. The SMILES string of the molecule is O=C(O)C1=CN=C2C(=CC=C3C=CC=CC32)C1=O. The molecule has 0 aromatic heterocycles. The van der Waals surface area contributed by atoms with Crippen LogP contribution < -0.4 is 0 Å². The normalized spacial score (nSPS) is 24.4. The average molecular weight is 239 g/mol. The van der Waals surface area contributed by atoms with Gasteiger partial charge in [-0.2, -0.15) is 0 Å². The molecule has 1 N–H and O–H groups in total. The molecular weight excluding hydrogens is 230 g/mol. The van der Waals surface area contributed by atoms with Crippen LogP contribution in [0.25, 0.3) is 0 Å². The Kier molecular flexibility index (Phi) is 2.23. The van der Waals surface area contributed by atoms with Crippen LogP contribution >= 0.6 is 0 Å². The first-order valence-electron chi connectivity index (χ1n) is 5.51. The molecule has 88 valence electrons. The predicted molar refractivity (Wildman–Crippen MR) is 66.1 cm³/mol. The molecule has 1 unspecified atom stereocenters. The molecular formula is C14H9NO3. The number of Topliss-reactive ketones (excluding diaryl/α,β-unsaturated/α-hetero) is 1. The van der Waals surface area contributed by atoms with E-state index in [4.69, 9.17) is 5.11 Å². The van der Waals surface area contributed by atoms with E-state index in [-0.39, 0.29) is 11.5 Å². The molecule has 2 aliphatic carbocycles. The highest BCUT2D eigenvalue weighted by molar-refractivity contribution is 6.37.